The van der Waals surface area contributed by atoms with E-state index in [0.29, 0.717) is 11.6 Å². The zero-order chi connectivity index (χ0) is 10.9. The smallest absolute Gasteiger partial charge is 0.146 e. The van der Waals surface area contributed by atoms with Gasteiger partial charge in [-0.15, -0.1) is 0 Å². The molecule has 3 heteroatoms. The summed E-state index contributed by atoms with van der Waals surface area (Å²) in [5.41, 5.74) is -0.226. The van der Waals surface area contributed by atoms with E-state index in [1.807, 2.05) is 6.92 Å². The molecule has 1 aliphatic rings. The summed E-state index contributed by atoms with van der Waals surface area (Å²) in [5, 5.41) is 12.1. The summed E-state index contributed by atoms with van der Waals surface area (Å²) in [7, 11) is 0. The average Bonchev–Trinajstić information content (AvgIpc) is 3.05. The number of anilines is 1. The number of para-hydroxylation sites is 1. The molecule has 0 heterocycles. The van der Waals surface area contributed by atoms with E-state index in [4.69, 9.17) is 5.26 Å². The summed E-state index contributed by atoms with van der Waals surface area (Å²) in [6, 6.07) is 8.69. The Morgan fingerprint density at radius 1 is 1.47 bits per heavy atom. The molecule has 0 aliphatic heterocycles. The monoisotopic (exact) mass is 204 g/mol. The summed E-state index contributed by atoms with van der Waals surface area (Å²) >= 11 is 0. The summed E-state index contributed by atoms with van der Waals surface area (Å²) in [6.45, 7) is 1.83. The van der Waals surface area contributed by atoms with Crippen molar-refractivity contribution in [1.82, 2.24) is 0 Å². The van der Waals surface area contributed by atoms with Gasteiger partial charge in [0.15, 0.2) is 0 Å². The minimum atomic E-state index is -0.637. The Balaban J connectivity index is 2.21. The maximum atomic E-state index is 13.4. The fraction of sp³-hybridized carbons (Fsp3) is 0.417. The first-order valence-electron chi connectivity index (χ1n) is 5.10. The van der Waals surface area contributed by atoms with Gasteiger partial charge in [0.25, 0.3) is 0 Å². The van der Waals surface area contributed by atoms with Crippen molar-refractivity contribution >= 4 is 5.69 Å². The van der Waals surface area contributed by atoms with Gasteiger partial charge in [0.2, 0.25) is 0 Å². The third kappa shape index (κ3) is 1.94. The topological polar surface area (TPSA) is 35.8 Å². The van der Waals surface area contributed by atoms with Crippen LogP contribution >= 0.6 is 0 Å². The molecular weight excluding hydrogens is 191 g/mol. The molecule has 1 unspecified atom stereocenters. The van der Waals surface area contributed by atoms with Gasteiger partial charge in [-0.2, -0.15) is 5.26 Å². The molecule has 1 aromatic rings. The lowest BCUT2D eigenvalue weighted by atomic mass is 9.97. The van der Waals surface area contributed by atoms with Crippen molar-refractivity contribution in [3.8, 4) is 6.07 Å². The van der Waals surface area contributed by atoms with Crippen molar-refractivity contribution in [2.24, 2.45) is 5.92 Å². The van der Waals surface area contributed by atoms with Crippen molar-refractivity contribution in [2.45, 2.75) is 25.3 Å². The quantitative estimate of drug-likeness (QED) is 0.821. The van der Waals surface area contributed by atoms with Crippen LogP contribution in [0.25, 0.3) is 0 Å². The van der Waals surface area contributed by atoms with Crippen LogP contribution in [0.15, 0.2) is 24.3 Å². The molecule has 1 saturated carbocycles. The van der Waals surface area contributed by atoms with Gasteiger partial charge in [0.05, 0.1) is 11.8 Å². The second kappa shape index (κ2) is 3.54. The van der Waals surface area contributed by atoms with Gasteiger partial charge in [-0.25, -0.2) is 4.39 Å². The SMILES string of the molecule is CC(C#N)(Nc1ccccc1F)C1CC1. The average molecular weight is 204 g/mol. The summed E-state index contributed by atoms with van der Waals surface area (Å²) in [6.07, 6.45) is 2.09. The molecule has 0 spiro atoms. The first-order chi connectivity index (χ1) is 7.15. The third-order valence-electron chi connectivity index (χ3n) is 2.89. The van der Waals surface area contributed by atoms with Gasteiger partial charge in [-0.3, -0.25) is 0 Å². The molecule has 1 aromatic carbocycles. The van der Waals surface area contributed by atoms with Gasteiger partial charge in [-0.1, -0.05) is 12.1 Å². The van der Waals surface area contributed by atoms with Crippen LogP contribution in [0.2, 0.25) is 0 Å². The highest BCUT2D eigenvalue weighted by Gasteiger charge is 2.42. The predicted octanol–water partition coefficient (Wildman–Crippen LogP) is 2.93. The molecule has 2 rings (SSSR count). The lowest BCUT2D eigenvalue weighted by molar-refractivity contribution is 0.555. The molecule has 1 N–H and O–H groups in total. The van der Waals surface area contributed by atoms with Crippen molar-refractivity contribution in [1.29, 1.82) is 5.26 Å². The highest BCUT2D eigenvalue weighted by Crippen LogP contribution is 2.41. The molecule has 78 valence electrons. The van der Waals surface area contributed by atoms with E-state index in [1.54, 1.807) is 18.2 Å². The van der Waals surface area contributed by atoms with Gasteiger partial charge in [0, 0.05) is 0 Å². The van der Waals surface area contributed by atoms with E-state index in [2.05, 4.69) is 11.4 Å². The summed E-state index contributed by atoms with van der Waals surface area (Å²) < 4.78 is 13.4. The molecule has 15 heavy (non-hydrogen) atoms. The van der Waals surface area contributed by atoms with Crippen LogP contribution in [0.1, 0.15) is 19.8 Å². The van der Waals surface area contributed by atoms with Crippen LogP contribution in [0, 0.1) is 23.1 Å². The zero-order valence-corrected chi connectivity index (χ0v) is 8.63. The highest BCUT2D eigenvalue weighted by molar-refractivity contribution is 5.49. The molecule has 0 radical (unpaired) electrons. The molecule has 2 nitrogen and oxygen atoms in total. The predicted molar refractivity (Wildman–Crippen MR) is 56.8 cm³/mol. The molecule has 1 fully saturated rings. The van der Waals surface area contributed by atoms with E-state index in [1.165, 1.54) is 6.07 Å². The number of benzene rings is 1. The standard InChI is InChI=1S/C12H13FN2/c1-12(8-14,9-6-7-9)15-11-5-3-2-4-10(11)13/h2-5,9,15H,6-7H2,1H3. The fourth-order valence-electron chi connectivity index (χ4n) is 1.72. The maximum absolute atomic E-state index is 13.4. The zero-order valence-electron chi connectivity index (χ0n) is 8.63. The van der Waals surface area contributed by atoms with Crippen LogP contribution in [0.5, 0.6) is 0 Å². The van der Waals surface area contributed by atoms with Crippen LogP contribution in [-0.4, -0.2) is 5.54 Å². The normalized spacial score (nSPS) is 19.0. The minimum absolute atomic E-state index is 0.306. The fourth-order valence-corrected chi connectivity index (χ4v) is 1.72. The van der Waals surface area contributed by atoms with Crippen LogP contribution in [0.3, 0.4) is 0 Å². The number of halogens is 1. The maximum Gasteiger partial charge on any atom is 0.146 e. The van der Waals surface area contributed by atoms with Crippen molar-refractivity contribution in [2.75, 3.05) is 5.32 Å². The number of hydrogen-bond acceptors (Lipinski definition) is 2. The van der Waals surface area contributed by atoms with Crippen molar-refractivity contribution in [3.05, 3.63) is 30.1 Å². The Hall–Kier alpha value is -1.56. The molecule has 0 amide bonds. The van der Waals surface area contributed by atoms with E-state index in [9.17, 15) is 4.39 Å². The van der Waals surface area contributed by atoms with Crippen molar-refractivity contribution in [3.63, 3.8) is 0 Å². The van der Waals surface area contributed by atoms with Crippen LogP contribution in [-0.2, 0) is 0 Å². The first-order valence-corrected chi connectivity index (χ1v) is 5.10. The highest BCUT2D eigenvalue weighted by atomic mass is 19.1. The van der Waals surface area contributed by atoms with Crippen LogP contribution in [0.4, 0.5) is 10.1 Å². The van der Waals surface area contributed by atoms with E-state index < -0.39 is 5.54 Å². The van der Waals surface area contributed by atoms with Gasteiger partial charge in [-0.05, 0) is 37.8 Å². The molecule has 0 aromatic heterocycles. The van der Waals surface area contributed by atoms with E-state index in [-0.39, 0.29) is 5.82 Å². The Kier molecular flexibility index (Phi) is 2.36. The third-order valence-corrected chi connectivity index (χ3v) is 2.89. The van der Waals surface area contributed by atoms with Gasteiger partial charge >= 0.3 is 0 Å². The number of nitriles is 1. The van der Waals surface area contributed by atoms with E-state index >= 15 is 0 Å². The summed E-state index contributed by atoms with van der Waals surface area (Å²) in [4.78, 5) is 0. The van der Waals surface area contributed by atoms with Gasteiger partial charge < -0.3 is 5.32 Å². The molecule has 1 atom stereocenters. The van der Waals surface area contributed by atoms with Crippen LogP contribution < -0.4 is 5.32 Å². The second-order valence-corrected chi connectivity index (χ2v) is 4.19. The van der Waals surface area contributed by atoms with Gasteiger partial charge in [0.1, 0.15) is 11.4 Å². The largest absolute Gasteiger partial charge is 0.365 e. The minimum Gasteiger partial charge on any atom is -0.365 e. The number of hydrogen-bond donors (Lipinski definition) is 1. The number of nitrogens with zero attached hydrogens (tertiary/aromatic N) is 1. The molecule has 0 bridgehead atoms. The Morgan fingerprint density at radius 3 is 2.67 bits per heavy atom. The molecular formula is C12H13FN2. The number of nitrogens with one attached hydrogen (secondary N) is 1. The molecule has 0 saturated heterocycles. The summed E-state index contributed by atoms with van der Waals surface area (Å²) in [5.74, 6) is 0.0433. The lowest BCUT2D eigenvalue weighted by Crippen LogP contribution is -2.35. The Morgan fingerprint density at radius 2 is 2.13 bits per heavy atom. The van der Waals surface area contributed by atoms with E-state index in [0.717, 1.165) is 12.8 Å². The van der Waals surface area contributed by atoms with Crippen molar-refractivity contribution < 1.29 is 4.39 Å². The Labute approximate surface area is 88.7 Å². The Bertz CT molecular complexity index is 406. The molecule has 1 aliphatic carbocycles. The first kappa shape index (κ1) is 9.97. The number of rotatable bonds is 3. The second-order valence-electron chi connectivity index (χ2n) is 4.19. The lowest BCUT2D eigenvalue weighted by Gasteiger charge is -2.24.